The van der Waals surface area contributed by atoms with E-state index in [1.807, 2.05) is 24.7 Å². The maximum Gasteiger partial charge on any atom is 0.252 e. The number of nitrogens with one attached hydrogen (secondary N) is 1. The van der Waals surface area contributed by atoms with E-state index in [1.165, 1.54) is 12.1 Å². The first-order chi connectivity index (χ1) is 13.9. The van der Waals surface area contributed by atoms with E-state index < -0.39 is 0 Å². The fourth-order valence-corrected chi connectivity index (χ4v) is 3.71. The van der Waals surface area contributed by atoms with Gasteiger partial charge in [-0.1, -0.05) is 0 Å². The molecule has 1 aromatic carbocycles. The zero-order valence-electron chi connectivity index (χ0n) is 17.0. The smallest absolute Gasteiger partial charge is 0.252 e. The standard InChI is InChI=1S/C22H26FN5O/c1-14(2)28-13-15(12-24-28)20-11-19(18-5-4-16(23)10-21(18)26-20)22(29)25-17-6-8-27(3)9-7-17/h4-5,10-14,17H,6-9H2,1-3H3,(H,25,29). The van der Waals surface area contributed by atoms with Crippen molar-refractivity contribution in [1.82, 2.24) is 25.0 Å². The molecule has 29 heavy (non-hydrogen) atoms. The molecule has 3 aromatic rings. The van der Waals surface area contributed by atoms with Crippen LogP contribution in [0.3, 0.4) is 0 Å². The number of hydrogen-bond acceptors (Lipinski definition) is 4. The third-order valence-corrected chi connectivity index (χ3v) is 5.50. The Bertz CT molecular complexity index is 1040. The summed E-state index contributed by atoms with van der Waals surface area (Å²) in [5.41, 5.74) is 2.40. The Hall–Kier alpha value is -2.80. The number of benzene rings is 1. The van der Waals surface area contributed by atoms with E-state index in [0.717, 1.165) is 31.5 Å². The lowest BCUT2D eigenvalue weighted by Crippen LogP contribution is -2.43. The van der Waals surface area contributed by atoms with Crippen molar-refractivity contribution in [3.05, 3.63) is 48.0 Å². The number of piperidine rings is 1. The SMILES string of the molecule is CC(C)n1cc(-c2cc(C(=O)NC3CCN(C)CC3)c3ccc(F)cc3n2)cn1. The maximum atomic E-state index is 13.9. The van der Waals surface area contributed by atoms with Crippen molar-refractivity contribution in [2.24, 2.45) is 0 Å². The lowest BCUT2D eigenvalue weighted by Gasteiger charge is -2.29. The summed E-state index contributed by atoms with van der Waals surface area (Å²) in [6, 6.07) is 6.52. The topological polar surface area (TPSA) is 63.1 Å². The van der Waals surface area contributed by atoms with Crippen molar-refractivity contribution in [1.29, 1.82) is 0 Å². The van der Waals surface area contributed by atoms with Gasteiger partial charge in [0.1, 0.15) is 5.82 Å². The molecule has 2 aromatic heterocycles. The van der Waals surface area contributed by atoms with Gasteiger partial charge in [-0.3, -0.25) is 9.48 Å². The summed E-state index contributed by atoms with van der Waals surface area (Å²) in [6.45, 7) is 6.01. The van der Waals surface area contributed by atoms with E-state index >= 15 is 0 Å². The van der Waals surface area contributed by atoms with E-state index in [1.54, 1.807) is 18.3 Å². The molecule has 0 radical (unpaired) electrons. The van der Waals surface area contributed by atoms with Crippen LogP contribution in [0.5, 0.6) is 0 Å². The molecule has 1 N–H and O–H groups in total. The molecule has 0 atom stereocenters. The quantitative estimate of drug-likeness (QED) is 0.733. The lowest BCUT2D eigenvalue weighted by molar-refractivity contribution is 0.0918. The first kappa shape index (κ1) is 19.5. The minimum absolute atomic E-state index is 0.143. The molecule has 1 fully saturated rings. The average molecular weight is 395 g/mol. The first-order valence-corrected chi connectivity index (χ1v) is 10.0. The molecule has 6 nitrogen and oxygen atoms in total. The van der Waals surface area contributed by atoms with Crippen molar-refractivity contribution in [2.45, 2.75) is 38.8 Å². The highest BCUT2D eigenvalue weighted by Crippen LogP contribution is 2.26. The normalized spacial score (nSPS) is 15.9. The van der Waals surface area contributed by atoms with E-state index in [4.69, 9.17) is 0 Å². The van der Waals surface area contributed by atoms with Crippen molar-refractivity contribution in [3.8, 4) is 11.3 Å². The van der Waals surface area contributed by atoms with Gasteiger partial charge in [0.05, 0.1) is 23.0 Å². The number of halogens is 1. The van der Waals surface area contributed by atoms with Crippen molar-refractivity contribution in [2.75, 3.05) is 20.1 Å². The van der Waals surface area contributed by atoms with Crippen molar-refractivity contribution >= 4 is 16.8 Å². The van der Waals surface area contributed by atoms with Crippen LogP contribution >= 0.6 is 0 Å². The Morgan fingerprint density at radius 1 is 1.24 bits per heavy atom. The number of nitrogens with zero attached hydrogens (tertiary/aromatic N) is 4. The van der Waals surface area contributed by atoms with Crippen molar-refractivity contribution < 1.29 is 9.18 Å². The Morgan fingerprint density at radius 2 is 2.00 bits per heavy atom. The lowest BCUT2D eigenvalue weighted by atomic mass is 10.0. The van der Waals surface area contributed by atoms with Crippen LogP contribution in [0.25, 0.3) is 22.2 Å². The van der Waals surface area contributed by atoms with Gasteiger partial charge in [-0.2, -0.15) is 5.10 Å². The number of amides is 1. The molecular weight excluding hydrogens is 369 g/mol. The summed E-state index contributed by atoms with van der Waals surface area (Å²) in [5.74, 6) is -0.516. The predicted octanol–water partition coefficient (Wildman–Crippen LogP) is 3.64. The van der Waals surface area contributed by atoms with Crippen LogP contribution < -0.4 is 5.32 Å². The summed E-state index contributed by atoms with van der Waals surface area (Å²) >= 11 is 0. The highest BCUT2D eigenvalue weighted by molar-refractivity contribution is 6.07. The van der Waals surface area contributed by atoms with Crippen LogP contribution in [-0.4, -0.2) is 51.8 Å². The molecule has 1 amide bonds. The fraction of sp³-hybridized carbons (Fsp3) is 0.409. The highest BCUT2D eigenvalue weighted by atomic mass is 19.1. The van der Waals surface area contributed by atoms with E-state index in [2.05, 4.69) is 27.3 Å². The molecule has 0 unspecified atom stereocenters. The summed E-state index contributed by atoms with van der Waals surface area (Å²) in [4.78, 5) is 20.0. The Morgan fingerprint density at radius 3 is 2.69 bits per heavy atom. The van der Waals surface area contributed by atoms with Crippen LogP contribution in [0.15, 0.2) is 36.7 Å². The number of hydrogen-bond donors (Lipinski definition) is 1. The molecule has 0 bridgehead atoms. The van der Waals surface area contributed by atoms with E-state index in [0.29, 0.717) is 22.2 Å². The Kier molecular flexibility index (Phi) is 5.32. The second-order valence-electron chi connectivity index (χ2n) is 8.07. The summed E-state index contributed by atoms with van der Waals surface area (Å²) < 4.78 is 15.7. The molecule has 7 heteroatoms. The summed E-state index contributed by atoms with van der Waals surface area (Å²) in [5, 5.41) is 8.17. The van der Waals surface area contributed by atoms with Gasteiger partial charge in [-0.25, -0.2) is 9.37 Å². The molecule has 0 aliphatic carbocycles. The van der Waals surface area contributed by atoms with Crippen LogP contribution in [0, 0.1) is 5.82 Å². The molecule has 3 heterocycles. The summed E-state index contributed by atoms with van der Waals surface area (Å²) in [7, 11) is 2.09. The summed E-state index contributed by atoms with van der Waals surface area (Å²) in [6.07, 6.45) is 5.48. The molecule has 1 aliphatic rings. The molecule has 1 saturated heterocycles. The third kappa shape index (κ3) is 4.15. The Labute approximate surface area is 169 Å². The number of carbonyl (C=O) groups excluding carboxylic acids is 1. The van der Waals surface area contributed by atoms with Gasteiger partial charge in [0.15, 0.2) is 0 Å². The van der Waals surface area contributed by atoms with E-state index in [-0.39, 0.29) is 23.8 Å². The molecule has 0 spiro atoms. The van der Waals surface area contributed by atoms with Gasteiger partial charge in [0.25, 0.3) is 5.91 Å². The van der Waals surface area contributed by atoms with Gasteiger partial charge in [-0.15, -0.1) is 0 Å². The minimum Gasteiger partial charge on any atom is -0.349 e. The van der Waals surface area contributed by atoms with Gasteiger partial charge >= 0.3 is 0 Å². The fourth-order valence-electron chi connectivity index (χ4n) is 3.71. The minimum atomic E-state index is -0.373. The van der Waals surface area contributed by atoms with Gasteiger partial charge < -0.3 is 10.2 Å². The number of rotatable bonds is 4. The molecule has 4 rings (SSSR count). The van der Waals surface area contributed by atoms with Crippen LogP contribution in [-0.2, 0) is 0 Å². The third-order valence-electron chi connectivity index (χ3n) is 5.50. The van der Waals surface area contributed by atoms with Gasteiger partial charge in [-0.05, 0) is 65.0 Å². The Balaban J connectivity index is 1.72. The number of aromatic nitrogens is 3. The molecule has 152 valence electrons. The second-order valence-corrected chi connectivity index (χ2v) is 8.07. The van der Waals surface area contributed by atoms with Gasteiger partial charge in [0.2, 0.25) is 0 Å². The zero-order valence-corrected chi connectivity index (χ0v) is 17.0. The first-order valence-electron chi connectivity index (χ1n) is 10.0. The molecule has 0 saturated carbocycles. The average Bonchev–Trinajstić information content (AvgIpc) is 3.19. The number of carbonyl (C=O) groups is 1. The molecule has 1 aliphatic heterocycles. The number of fused-ring (bicyclic) bond motifs is 1. The van der Waals surface area contributed by atoms with Crippen LogP contribution in [0.2, 0.25) is 0 Å². The maximum absolute atomic E-state index is 13.9. The highest BCUT2D eigenvalue weighted by Gasteiger charge is 2.21. The number of pyridine rings is 1. The zero-order chi connectivity index (χ0) is 20.5. The van der Waals surface area contributed by atoms with Crippen LogP contribution in [0.1, 0.15) is 43.1 Å². The number of likely N-dealkylation sites (tertiary alicyclic amines) is 1. The second kappa shape index (κ2) is 7.91. The van der Waals surface area contributed by atoms with Crippen LogP contribution in [0.4, 0.5) is 4.39 Å². The van der Waals surface area contributed by atoms with Crippen molar-refractivity contribution in [3.63, 3.8) is 0 Å². The largest absolute Gasteiger partial charge is 0.349 e. The van der Waals surface area contributed by atoms with E-state index in [9.17, 15) is 9.18 Å². The monoisotopic (exact) mass is 395 g/mol. The predicted molar refractivity (Wildman–Crippen MR) is 111 cm³/mol. The molecular formula is C22H26FN5O. The van der Waals surface area contributed by atoms with Gasteiger partial charge in [0, 0.05) is 35.3 Å².